The van der Waals surface area contributed by atoms with Gasteiger partial charge in [-0.05, 0) is 4.92 Å². The van der Waals surface area contributed by atoms with E-state index in [1.807, 2.05) is 0 Å². The van der Waals surface area contributed by atoms with Crippen molar-refractivity contribution in [1.29, 1.82) is 0 Å². The predicted octanol–water partition coefficient (Wildman–Crippen LogP) is 0.466. The number of hydrogen-bond donors (Lipinski definition) is 2. The van der Waals surface area contributed by atoms with Crippen LogP contribution in [0.3, 0.4) is 0 Å². The zero-order chi connectivity index (χ0) is 11.4. The molecule has 0 unspecified atom stereocenters. The van der Waals surface area contributed by atoms with Crippen molar-refractivity contribution in [3.05, 3.63) is 22.0 Å². The van der Waals surface area contributed by atoms with E-state index in [2.05, 4.69) is 40.4 Å². The fourth-order valence-corrected chi connectivity index (χ4v) is 0.966. The second-order valence-corrected chi connectivity index (χ2v) is 3.63. The van der Waals surface area contributed by atoms with Gasteiger partial charge in [0.15, 0.2) is 10.0 Å². The molecule has 0 radical (unpaired) electrons. The van der Waals surface area contributed by atoms with E-state index in [1.165, 1.54) is 24.0 Å². The Labute approximate surface area is 95.7 Å². The molecule has 7 nitrogen and oxygen atoms in total. The van der Waals surface area contributed by atoms with Crippen LogP contribution in [0.1, 0.15) is 5.69 Å². The van der Waals surface area contributed by atoms with Crippen LogP contribution in [0.25, 0.3) is 0 Å². The predicted molar refractivity (Wildman–Crippen MR) is 62.2 cm³/mol. The van der Waals surface area contributed by atoms with E-state index in [0.717, 1.165) is 0 Å². The second kappa shape index (κ2) is 4.84. The molecule has 0 aromatic carbocycles. The first-order valence-electron chi connectivity index (χ1n) is 3.70. The molecule has 0 fully saturated rings. The smallest absolute Gasteiger partial charge is 0.390 e. The van der Waals surface area contributed by atoms with Crippen molar-refractivity contribution in [2.24, 2.45) is 12.1 Å². The Morgan fingerprint density at radius 1 is 1.93 bits per heavy atom. The number of imidazole rings is 1. The third-order valence-corrected chi connectivity index (χ3v) is 1.71. The van der Waals surface area contributed by atoms with Gasteiger partial charge < -0.3 is 10.1 Å². The Kier molecular flexibility index (Phi) is 3.74. The molecule has 9 heteroatoms. The maximum atomic E-state index is 10.4. The largest absolute Gasteiger partial charge is 0.434 e. The first-order valence-corrected chi connectivity index (χ1v) is 4.56. The van der Waals surface area contributed by atoms with Crippen molar-refractivity contribution in [3.63, 3.8) is 0 Å². The maximum Gasteiger partial charge on any atom is 0.434 e. The topological polar surface area (TPSA) is 85.3 Å². The van der Waals surface area contributed by atoms with E-state index in [-0.39, 0.29) is 10.3 Å². The lowest BCUT2D eigenvalue weighted by Crippen LogP contribution is -2.09. The van der Waals surface area contributed by atoms with Crippen LogP contribution in [0, 0.1) is 10.1 Å². The number of hydrazone groups is 1. The van der Waals surface area contributed by atoms with E-state index in [0.29, 0.717) is 5.69 Å². The summed E-state index contributed by atoms with van der Waals surface area (Å²) in [7, 11) is 1.52. The van der Waals surface area contributed by atoms with E-state index < -0.39 is 4.92 Å². The summed E-state index contributed by atoms with van der Waals surface area (Å²) in [5.74, 6) is -0.245. The summed E-state index contributed by atoms with van der Waals surface area (Å²) in [6, 6.07) is 0. The van der Waals surface area contributed by atoms with Gasteiger partial charge in [-0.2, -0.15) is 5.10 Å². The van der Waals surface area contributed by atoms with Gasteiger partial charge >= 0.3 is 5.95 Å². The van der Waals surface area contributed by atoms with Crippen LogP contribution in [-0.4, -0.2) is 25.0 Å². The molecule has 1 heterocycles. The van der Waals surface area contributed by atoms with Gasteiger partial charge in [-0.1, -0.05) is 17.2 Å². The number of aromatic nitrogens is 2. The van der Waals surface area contributed by atoms with Crippen LogP contribution in [0.2, 0.25) is 0 Å². The van der Waals surface area contributed by atoms with Crippen LogP contribution in [0.5, 0.6) is 0 Å². The first-order chi connectivity index (χ1) is 7.02. The van der Waals surface area contributed by atoms with Crippen molar-refractivity contribution < 1.29 is 4.92 Å². The molecule has 1 rings (SSSR count). The quantitative estimate of drug-likeness (QED) is 0.266. The van der Waals surface area contributed by atoms with Crippen molar-refractivity contribution in [1.82, 2.24) is 15.0 Å². The van der Waals surface area contributed by atoms with Crippen LogP contribution < -0.4 is 5.43 Å². The molecule has 1 aromatic rings. The van der Waals surface area contributed by atoms with E-state index in [4.69, 9.17) is 0 Å². The summed E-state index contributed by atoms with van der Waals surface area (Å²) in [4.78, 5) is 13.5. The highest BCUT2D eigenvalue weighted by Crippen LogP contribution is 2.08. The standard InChI is InChI=1S/C6H7N5O2S2/c1-10-4(3-8-9-6(14)15)2-7-5(10)11(12)13/h2-3H,1H3,(H2,9,14,15)/b8-3+. The number of nitrogens with zero attached hydrogens (tertiary/aromatic N) is 4. The molecule has 0 amide bonds. The van der Waals surface area contributed by atoms with E-state index >= 15 is 0 Å². The summed E-state index contributed by atoms with van der Waals surface area (Å²) < 4.78 is 1.51. The summed E-state index contributed by atoms with van der Waals surface area (Å²) in [6.07, 6.45) is 2.70. The molecule has 0 aliphatic rings. The molecule has 1 N–H and O–H groups in total. The lowest BCUT2D eigenvalue weighted by molar-refractivity contribution is -0.396. The van der Waals surface area contributed by atoms with Gasteiger partial charge in [0, 0.05) is 0 Å². The molecular formula is C6H7N5O2S2. The Balaban J connectivity index is 2.83. The zero-order valence-corrected chi connectivity index (χ0v) is 9.33. The Morgan fingerprint density at radius 2 is 2.60 bits per heavy atom. The molecule has 0 spiro atoms. The molecule has 0 aliphatic carbocycles. The maximum absolute atomic E-state index is 10.4. The van der Waals surface area contributed by atoms with Crippen LogP contribution in [0.4, 0.5) is 5.95 Å². The highest BCUT2D eigenvalue weighted by molar-refractivity contribution is 8.11. The summed E-state index contributed by atoms with van der Waals surface area (Å²) in [5.41, 5.74) is 2.90. The molecule has 80 valence electrons. The average molecular weight is 245 g/mol. The molecule has 0 saturated carbocycles. The third kappa shape index (κ3) is 2.99. The normalized spacial score (nSPS) is 10.5. The number of hydrogen-bond acceptors (Lipinski definition) is 5. The van der Waals surface area contributed by atoms with Crippen molar-refractivity contribution >= 4 is 41.3 Å². The van der Waals surface area contributed by atoms with Crippen LogP contribution in [-0.2, 0) is 7.05 Å². The van der Waals surface area contributed by atoms with Gasteiger partial charge in [-0.15, -0.1) is 12.6 Å². The summed E-state index contributed by atoms with van der Waals surface area (Å²) in [6.45, 7) is 0. The van der Waals surface area contributed by atoms with Crippen molar-refractivity contribution in [2.45, 2.75) is 0 Å². The van der Waals surface area contributed by atoms with Gasteiger partial charge in [0.1, 0.15) is 6.20 Å². The van der Waals surface area contributed by atoms with E-state index in [1.54, 1.807) is 0 Å². The SMILES string of the molecule is Cn1c(/C=N/NC(=S)S)cnc1[N+](=O)[O-]. The second-order valence-electron chi connectivity index (χ2n) is 2.47. The minimum absolute atomic E-state index is 0.211. The highest BCUT2D eigenvalue weighted by atomic mass is 32.1. The lowest BCUT2D eigenvalue weighted by atomic mass is 10.5. The summed E-state index contributed by atoms with van der Waals surface area (Å²) in [5, 5.41) is 14.1. The number of rotatable bonds is 3. The van der Waals surface area contributed by atoms with Gasteiger partial charge in [-0.3, -0.25) is 5.43 Å². The first kappa shape index (κ1) is 11.6. The minimum atomic E-state index is -0.575. The Bertz CT molecular complexity index is 427. The number of thiocarbonyl (C=S) groups is 1. The van der Waals surface area contributed by atoms with Gasteiger partial charge in [0.05, 0.1) is 13.3 Å². The third-order valence-electron chi connectivity index (χ3n) is 1.52. The molecular weight excluding hydrogens is 238 g/mol. The van der Waals surface area contributed by atoms with Crippen LogP contribution in [0.15, 0.2) is 11.3 Å². The average Bonchev–Trinajstić information content (AvgIpc) is 2.47. The fraction of sp³-hybridized carbons (Fsp3) is 0.167. The number of nitrogens with one attached hydrogen (secondary N) is 1. The minimum Gasteiger partial charge on any atom is -0.390 e. The fourth-order valence-electron chi connectivity index (χ4n) is 0.856. The lowest BCUT2D eigenvalue weighted by Gasteiger charge is -1.95. The van der Waals surface area contributed by atoms with Gasteiger partial charge in [-0.25, -0.2) is 4.57 Å². The molecule has 0 saturated heterocycles. The molecule has 15 heavy (non-hydrogen) atoms. The number of nitro groups is 1. The van der Waals surface area contributed by atoms with Gasteiger partial charge in [0.25, 0.3) is 0 Å². The summed E-state index contributed by atoms with van der Waals surface area (Å²) >= 11 is 8.38. The van der Waals surface area contributed by atoms with Crippen molar-refractivity contribution in [3.8, 4) is 0 Å². The zero-order valence-electron chi connectivity index (χ0n) is 7.62. The van der Waals surface area contributed by atoms with Crippen molar-refractivity contribution in [2.75, 3.05) is 0 Å². The Hall–Kier alpha value is -1.48. The molecule has 0 bridgehead atoms. The Morgan fingerprint density at radius 3 is 3.07 bits per heavy atom. The van der Waals surface area contributed by atoms with E-state index in [9.17, 15) is 10.1 Å². The molecule has 1 aromatic heterocycles. The molecule has 0 aliphatic heterocycles. The van der Waals surface area contributed by atoms with Crippen LogP contribution >= 0.6 is 24.8 Å². The highest BCUT2D eigenvalue weighted by Gasteiger charge is 2.15. The monoisotopic (exact) mass is 245 g/mol. The van der Waals surface area contributed by atoms with Gasteiger partial charge in [0.2, 0.25) is 0 Å². The molecule has 0 atom stereocenters. The number of thiol groups is 1.